The Morgan fingerprint density at radius 1 is 1.39 bits per heavy atom. The van der Waals surface area contributed by atoms with Crippen molar-refractivity contribution in [1.82, 2.24) is 20.0 Å². The smallest absolute Gasteiger partial charge is 0.0625 e. The Morgan fingerprint density at radius 3 is 2.56 bits per heavy atom. The molecule has 4 heteroatoms. The summed E-state index contributed by atoms with van der Waals surface area (Å²) in [5, 5.41) is 7.98. The van der Waals surface area contributed by atoms with E-state index in [1.807, 2.05) is 11.7 Å². The van der Waals surface area contributed by atoms with Gasteiger partial charge in [0.25, 0.3) is 0 Å². The second-order valence-corrected chi connectivity index (χ2v) is 6.02. The van der Waals surface area contributed by atoms with E-state index in [0.717, 1.165) is 26.1 Å². The van der Waals surface area contributed by atoms with Crippen molar-refractivity contribution < 1.29 is 0 Å². The highest BCUT2D eigenvalue weighted by Crippen LogP contribution is 2.06. The third-order valence-corrected chi connectivity index (χ3v) is 2.97. The van der Waals surface area contributed by atoms with Gasteiger partial charge in [0.15, 0.2) is 0 Å². The molecule has 0 saturated carbocycles. The van der Waals surface area contributed by atoms with E-state index < -0.39 is 0 Å². The maximum Gasteiger partial charge on any atom is 0.0625 e. The molecule has 1 N–H and O–H groups in total. The fourth-order valence-electron chi connectivity index (χ4n) is 1.87. The lowest BCUT2D eigenvalue weighted by atomic mass is 10.1. The van der Waals surface area contributed by atoms with Crippen LogP contribution in [0.25, 0.3) is 0 Å². The summed E-state index contributed by atoms with van der Waals surface area (Å²) in [6.45, 7) is 11.7. The summed E-state index contributed by atoms with van der Waals surface area (Å²) < 4.78 is 1.99. The second kappa shape index (κ2) is 6.34. The molecular formula is C14H28N4. The lowest BCUT2D eigenvalue weighted by Crippen LogP contribution is -2.40. The third-order valence-electron chi connectivity index (χ3n) is 2.97. The molecule has 1 rings (SSSR count). The Morgan fingerprint density at radius 2 is 2.06 bits per heavy atom. The van der Waals surface area contributed by atoms with E-state index in [9.17, 15) is 0 Å². The number of aromatic nitrogens is 2. The molecule has 1 heterocycles. The van der Waals surface area contributed by atoms with Gasteiger partial charge in [-0.1, -0.05) is 6.92 Å². The minimum absolute atomic E-state index is 0.197. The summed E-state index contributed by atoms with van der Waals surface area (Å²) in [7, 11) is 4.18. The molecule has 18 heavy (non-hydrogen) atoms. The first-order chi connectivity index (χ1) is 8.31. The fourth-order valence-corrected chi connectivity index (χ4v) is 1.87. The molecule has 0 unspecified atom stereocenters. The molecule has 0 atom stereocenters. The normalized spacial score (nSPS) is 12.4. The van der Waals surface area contributed by atoms with Crippen LogP contribution in [0.3, 0.4) is 0 Å². The average Bonchev–Trinajstić information content (AvgIpc) is 2.57. The number of aryl methyl sites for hydroxylation is 2. The van der Waals surface area contributed by atoms with E-state index in [4.69, 9.17) is 0 Å². The van der Waals surface area contributed by atoms with Gasteiger partial charge in [-0.25, -0.2) is 0 Å². The standard InChI is InChI=1S/C14H28N4/c1-7-12-10-13(18(6)16-12)11-17(5)9-8-15-14(2,3)4/h10,15H,7-9,11H2,1-6H3. The lowest BCUT2D eigenvalue weighted by Gasteiger charge is -2.23. The predicted molar refractivity (Wildman–Crippen MR) is 76.7 cm³/mol. The summed E-state index contributed by atoms with van der Waals surface area (Å²) in [4.78, 5) is 2.33. The molecule has 1 aromatic rings. The van der Waals surface area contributed by atoms with E-state index in [2.05, 4.69) is 56.1 Å². The van der Waals surface area contributed by atoms with Gasteiger partial charge in [-0.05, 0) is 40.3 Å². The third kappa shape index (κ3) is 5.19. The van der Waals surface area contributed by atoms with E-state index >= 15 is 0 Å². The van der Waals surface area contributed by atoms with E-state index in [1.165, 1.54) is 11.4 Å². The maximum atomic E-state index is 4.48. The highest BCUT2D eigenvalue weighted by Gasteiger charge is 2.10. The highest BCUT2D eigenvalue weighted by atomic mass is 15.3. The molecule has 0 saturated heterocycles. The number of nitrogens with one attached hydrogen (secondary N) is 1. The van der Waals surface area contributed by atoms with Crippen LogP contribution in [0.5, 0.6) is 0 Å². The van der Waals surface area contributed by atoms with Crippen LogP contribution in [0.15, 0.2) is 6.07 Å². The molecule has 0 bridgehead atoms. The average molecular weight is 252 g/mol. The van der Waals surface area contributed by atoms with Crippen LogP contribution < -0.4 is 5.32 Å². The van der Waals surface area contributed by atoms with Crippen LogP contribution in [0.4, 0.5) is 0 Å². The van der Waals surface area contributed by atoms with Crippen LogP contribution >= 0.6 is 0 Å². The number of hydrogen-bond acceptors (Lipinski definition) is 3. The molecule has 0 aliphatic rings. The minimum atomic E-state index is 0.197. The summed E-state index contributed by atoms with van der Waals surface area (Å²) in [5.41, 5.74) is 2.65. The summed E-state index contributed by atoms with van der Waals surface area (Å²) in [5.74, 6) is 0. The van der Waals surface area contributed by atoms with Crippen LogP contribution in [-0.4, -0.2) is 40.4 Å². The lowest BCUT2D eigenvalue weighted by molar-refractivity contribution is 0.296. The fraction of sp³-hybridized carbons (Fsp3) is 0.786. The first-order valence-corrected chi connectivity index (χ1v) is 6.77. The number of likely N-dealkylation sites (N-methyl/N-ethyl adjacent to an activating group) is 1. The molecule has 0 fully saturated rings. The zero-order chi connectivity index (χ0) is 13.8. The van der Waals surface area contributed by atoms with Gasteiger partial charge in [0.05, 0.1) is 11.4 Å². The molecule has 104 valence electrons. The van der Waals surface area contributed by atoms with Gasteiger partial charge < -0.3 is 5.32 Å². The SMILES string of the molecule is CCc1cc(CN(C)CCNC(C)(C)C)n(C)n1. The maximum absolute atomic E-state index is 4.48. The van der Waals surface area contributed by atoms with Gasteiger partial charge in [0.2, 0.25) is 0 Å². The summed E-state index contributed by atoms with van der Waals surface area (Å²) in [6.07, 6.45) is 1.00. The Hall–Kier alpha value is -0.870. The number of nitrogens with zero attached hydrogens (tertiary/aromatic N) is 3. The van der Waals surface area contributed by atoms with E-state index in [-0.39, 0.29) is 5.54 Å². The molecule has 1 aromatic heterocycles. The quantitative estimate of drug-likeness (QED) is 0.838. The first kappa shape index (κ1) is 15.2. The van der Waals surface area contributed by atoms with Crippen LogP contribution in [0.1, 0.15) is 39.1 Å². The van der Waals surface area contributed by atoms with Crippen molar-refractivity contribution in [3.63, 3.8) is 0 Å². The van der Waals surface area contributed by atoms with Crippen molar-refractivity contribution in [2.75, 3.05) is 20.1 Å². The zero-order valence-electron chi connectivity index (χ0n) is 12.7. The molecule has 0 aromatic carbocycles. The Labute approximate surface area is 111 Å². The topological polar surface area (TPSA) is 33.1 Å². The molecule has 4 nitrogen and oxygen atoms in total. The first-order valence-electron chi connectivity index (χ1n) is 6.77. The highest BCUT2D eigenvalue weighted by molar-refractivity contribution is 5.09. The Kier molecular flexibility index (Phi) is 5.35. The van der Waals surface area contributed by atoms with Gasteiger partial charge in [0.1, 0.15) is 0 Å². The zero-order valence-corrected chi connectivity index (χ0v) is 12.7. The number of hydrogen-bond donors (Lipinski definition) is 1. The van der Waals surface area contributed by atoms with Crippen molar-refractivity contribution in [3.8, 4) is 0 Å². The van der Waals surface area contributed by atoms with Crippen LogP contribution in [0, 0.1) is 0 Å². The van der Waals surface area contributed by atoms with Gasteiger partial charge in [0, 0.05) is 32.2 Å². The minimum Gasteiger partial charge on any atom is -0.311 e. The molecule has 0 amide bonds. The molecule has 0 aliphatic carbocycles. The van der Waals surface area contributed by atoms with Crippen LogP contribution in [0.2, 0.25) is 0 Å². The van der Waals surface area contributed by atoms with E-state index in [1.54, 1.807) is 0 Å². The van der Waals surface area contributed by atoms with Gasteiger partial charge in [-0.3, -0.25) is 9.58 Å². The predicted octanol–water partition coefficient (Wildman–Crippen LogP) is 1.80. The molecule has 0 spiro atoms. The van der Waals surface area contributed by atoms with Gasteiger partial charge >= 0.3 is 0 Å². The second-order valence-electron chi connectivity index (χ2n) is 6.02. The Bertz CT molecular complexity index is 362. The largest absolute Gasteiger partial charge is 0.311 e. The van der Waals surface area contributed by atoms with Crippen molar-refractivity contribution in [3.05, 3.63) is 17.5 Å². The van der Waals surface area contributed by atoms with E-state index in [0.29, 0.717) is 0 Å². The van der Waals surface area contributed by atoms with Crippen molar-refractivity contribution >= 4 is 0 Å². The number of rotatable bonds is 6. The monoisotopic (exact) mass is 252 g/mol. The molecular weight excluding hydrogens is 224 g/mol. The van der Waals surface area contributed by atoms with Crippen LogP contribution in [-0.2, 0) is 20.0 Å². The molecule has 0 aliphatic heterocycles. The van der Waals surface area contributed by atoms with Gasteiger partial charge in [-0.15, -0.1) is 0 Å². The van der Waals surface area contributed by atoms with Crippen molar-refractivity contribution in [2.24, 2.45) is 7.05 Å². The molecule has 0 radical (unpaired) electrons. The summed E-state index contributed by atoms with van der Waals surface area (Å²) >= 11 is 0. The van der Waals surface area contributed by atoms with Crippen molar-refractivity contribution in [2.45, 2.75) is 46.2 Å². The van der Waals surface area contributed by atoms with Crippen molar-refractivity contribution in [1.29, 1.82) is 0 Å². The van der Waals surface area contributed by atoms with Gasteiger partial charge in [-0.2, -0.15) is 5.10 Å². The summed E-state index contributed by atoms with van der Waals surface area (Å²) in [6, 6.07) is 2.20. The Balaban J connectivity index is 2.39.